The SMILES string of the molecule is CC(C)n1cnnc1C1CCCN(C(=O)c2ccc(OCc3cscn3)cc2)C1. The molecule has 1 atom stereocenters. The van der Waals surface area contributed by atoms with Crippen LogP contribution >= 0.6 is 11.3 Å². The summed E-state index contributed by atoms with van der Waals surface area (Å²) in [5.74, 6) is 1.98. The van der Waals surface area contributed by atoms with Crippen molar-refractivity contribution in [3.8, 4) is 5.75 Å². The Kier molecular flexibility index (Phi) is 5.89. The molecule has 1 fully saturated rings. The molecule has 0 N–H and O–H groups in total. The maximum Gasteiger partial charge on any atom is 0.253 e. The molecule has 152 valence electrons. The van der Waals surface area contributed by atoms with Gasteiger partial charge in [-0.3, -0.25) is 4.79 Å². The maximum atomic E-state index is 13.0. The summed E-state index contributed by atoms with van der Waals surface area (Å²) in [4.78, 5) is 19.2. The molecule has 1 aliphatic heterocycles. The monoisotopic (exact) mass is 411 g/mol. The van der Waals surface area contributed by atoms with Crippen LogP contribution in [0.2, 0.25) is 0 Å². The number of piperidine rings is 1. The number of carbonyl (C=O) groups is 1. The van der Waals surface area contributed by atoms with E-state index < -0.39 is 0 Å². The average Bonchev–Trinajstić information content (AvgIpc) is 3.44. The van der Waals surface area contributed by atoms with Crippen molar-refractivity contribution in [1.29, 1.82) is 0 Å². The summed E-state index contributed by atoms with van der Waals surface area (Å²) in [6, 6.07) is 7.66. The van der Waals surface area contributed by atoms with Gasteiger partial charge in [-0.2, -0.15) is 0 Å². The number of hydrogen-bond donors (Lipinski definition) is 0. The number of hydrogen-bond acceptors (Lipinski definition) is 6. The summed E-state index contributed by atoms with van der Waals surface area (Å²) in [6.45, 7) is 6.12. The standard InChI is InChI=1S/C21H25N5O2S/c1-15(2)26-13-23-24-20(26)17-4-3-9-25(10-17)21(27)16-5-7-19(8-6-16)28-11-18-12-29-14-22-18/h5-8,12-15,17H,3-4,9-11H2,1-2H3. The van der Waals surface area contributed by atoms with Gasteiger partial charge in [0.05, 0.1) is 11.2 Å². The Morgan fingerprint density at radius 1 is 1.31 bits per heavy atom. The molecule has 29 heavy (non-hydrogen) atoms. The summed E-state index contributed by atoms with van der Waals surface area (Å²) < 4.78 is 7.84. The largest absolute Gasteiger partial charge is 0.487 e. The summed E-state index contributed by atoms with van der Waals surface area (Å²) in [5.41, 5.74) is 3.37. The van der Waals surface area contributed by atoms with E-state index in [4.69, 9.17) is 4.74 Å². The van der Waals surface area contributed by atoms with Gasteiger partial charge in [0.1, 0.15) is 24.5 Å². The van der Waals surface area contributed by atoms with Crippen molar-refractivity contribution in [2.24, 2.45) is 0 Å². The highest BCUT2D eigenvalue weighted by Crippen LogP contribution is 2.28. The third kappa shape index (κ3) is 4.48. The molecule has 0 aliphatic carbocycles. The highest BCUT2D eigenvalue weighted by molar-refractivity contribution is 7.07. The fourth-order valence-electron chi connectivity index (χ4n) is 3.66. The zero-order chi connectivity index (χ0) is 20.2. The van der Waals surface area contributed by atoms with Gasteiger partial charge in [0.25, 0.3) is 5.91 Å². The fourth-order valence-corrected chi connectivity index (χ4v) is 4.20. The molecule has 1 saturated heterocycles. The van der Waals surface area contributed by atoms with Crippen LogP contribution in [0.5, 0.6) is 5.75 Å². The topological polar surface area (TPSA) is 73.1 Å². The Morgan fingerprint density at radius 3 is 2.86 bits per heavy atom. The van der Waals surface area contributed by atoms with Gasteiger partial charge in [-0.15, -0.1) is 21.5 Å². The molecule has 0 saturated carbocycles. The second kappa shape index (κ2) is 8.73. The smallest absolute Gasteiger partial charge is 0.253 e. The predicted octanol–water partition coefficient (Wildman–Crippen LogP) is 3.91. The molecule has 0 radical (unpaired) electrons. The van der Waals surface area contributed by atoms with Crippen molar-refractivity contribution >= 4 is 17.2 Å². The lowest BCUT2D eigenvalue weighted by atomic mass is 9.96. The number of carbonyl (C=O) groups excluding carboxylic acids is 1. The van der Waals surface area contributed by atoms with Crippen molar-refractivity contribution in [3.63, 3.8) is 0 Å². The number of amides is 1. The number of ether oxygens (including phenoxy) is 1. The molecule has 3 aromatic rings. The van der Waals surface area contributed by atoms with E-state index in [1.807, 2.05) is 34.5 Å². The van der Waals surface area contributed by atoms with E-state index >= 15 is 0 Å². The fraction of sp³-hybridized carbons (Fsp3) is 0.429. The molecule has 1 amide bonds. The Bertz CT molecular complexity index is 936. The minimum atomic E-state index is 0.0522. The first kappa shape index (κ1) is 19.6. The number of thiazole rings is 1. The lowest BCUT2D eigenvalue weighted by Gasteiger charge is -2.32. The van der Waals surface area contributed by atoms with Crippen LogP contribution in [0.3, 0.4) is 0 Å². The van der Waals surface area contributed by atoms with Crippen molar-refractivity contribution in [1.82, 2.24) is 24.6 Å². The van der Waals surface area contributed by atoms with Crippen LogP contribution in [0.25, 0.3) is 0 Å². The van der Waals surface area contributed by atoms with E-state index in [0.29, 0.717) is 24.8 Å². The third-order valence-corrected chi connectivity index (χ3v) is 5.84. The summed E-state index contributed by atoms with van der Waals surface area (Å²) in [6.07, 6.45) is 3.78. The molecule has 3 heterocycles. The lowest BCUT2D eigenvalue weighted by molar-refractivity contribution is 0.0703. The third-order valence-electron chi connectivity index (χ3n) is 5.20. The zero-order valence-corrected chi connectivity index (χ0v) is 17.5. The molecule has 0 spiro atoms. The van der Waals surface area contributed by atoms with Crippen molar-refractivity contribution in [2.75, 3.05) is 13.1 Å². The van der Waals surface area contributed by atoms with Gasteiger partial charge in [0.15, 0.2) is 0 Å². The first-order valence-corrected chi connectivity index (χ1v) is 10.8. The van der Waals surface area contributed by atoms with Crippen LogP contribution in [-0.4, -0.2) is 43.6 Å². The predicted molar refractivity (Wildman–Crippen MR) is 111 cm³/mol. The Morgan fingerprint density at radius 2 is 2.14 bits per heavy atom. The Labute approximate surface area is 174 Å². The molecule has 1 aromatic carbocycles. The molecule has 4 rings (SSSR count). The second-order valence-electron chi connectivity index (χ2n) is 7.57. The molecular formula is C21H25N5O2S. The van der Waals surface area contributed by atoms with Gasteiger partial charge < -0.3 is 14.2 Å². The molecule has 2 aromatic heterocycles. The number of benzene rings is 1. The van der Waals surface area contributed by atoms with Gasteiger partial charge in [0.2, 0.25) is 0 Å². The maximum absolute atomic E-state index is 13.0. The Hall–Kier alpha value is -2.74. The van der Waals surface area contributed by atoms with Crippen LogP contribution in [-0.2, 0) is 6.61 Å². The first-order valence-electron chi connectivity index (χ1n) is 9.90. The molecular weight excluding hydrogens is 386 g/mol. The zero-order valence-electron chi connectivity index (χ0n) is 16.7. The van der Waals surface area contributed by atoms with Gasteiger partial charge in [-0.1, -0.05) is 0 Å². The van der Waals surface area contributed by atoms with E-state index in [1.165, 1.54) is 0 Å². The molecule has 1 aliphatic rings. The van der Waals surface area contributed by atoms with E-state index in [0.717, 1.165) is 36.7 Å². The second-order valence-corrected chi connectivity index (χ2v) is 8.29. The average molecular weight is 412 g/mol. The normalized spacial score (nSPS) is 16.9. The summed E-state index contributed by atoms with van der Waals surface area (Å²) >= 11 is 1.55. The quantitative estimate of drug-likeness (QED) is 0.615. The molecule has 8 heteroatoms. The van der Waals surface area contributed by atoms with Crippen molar-refractivity contribution < 1.29 is 9.53 Å². The van der Waals surface area contributed by atoms with Crippen molar-refractivity contribution in [3.05, 3.63) is 58.6 Å². The van der Waals surface area contributed by atoms with Gasteiger partial charge in [-0.05, 0) is 51.0 Å². The Balaban J connectivity index is 1.40. The van der Waals surface area contributed by atoms with Crippen LogP contribution in [0.1, 0.15) is 60.5 Å². The highest BCUT2D eigenvalue weighted by atomic mass is 32.1. The highest BCUT2D eigenvalue weighted by Gasteiger charge is 2.28. The van der Waals surface area contributed by atoms with Crippen LogP contribution in [0.15, 0.2) is 41.5 Å². The van der Waals surface area contributed by atoms with E-state index in [-0.39, 0.29) is 11.8 Å². The summed E-state index contributed by atoms with van der Waals surface area (Å²) in [7, 11) is 0. The lowest BCUT2D eigenvalue weighted by Crippen LogP contribution is -2.39. The van der Waals surface area contributed by atoms with E-state index in [1.54, 1.807) is 23.2 Å². The van der Waals surface area contributed by atoms with Gasteiger partial charge >= 0.3 is 0 Å². The minimum absolute atomic E-state index is 0.0522. The number of likely N-dealkylation sites (tertiary alicyclic amines) is 1. The van der Waals surface area contributed by atoms with Gasteiger partial charge in [-0.25, -0.2) is 4.98 Å². The molecule has 7 nitrogen and oxygen atoms in total. The number of rotatable bonds is 6. The number of nitrogens with zero attached hydrogens (tertiary/aromatic N) is 5. The minimum Gasteiger partial charge on any atom is -0.487 e. The summed E-state index contributed by atoms with van der Waals surface area (Å²) in [5, 5.41) is 10.4. The van der Waals surface area contributed by atoms with Crippen LogP contribution < -0.4 is 4.74 Å². The van der Waals surface area contributed by atoms with E-state index in [9.17, 15) is 4.79 Å². The molecule has 1 unspecified atom stereocenters. The van der Waals surface area contributed by atoms with Gasteiger partial charge in [0, 0.05) is 36.0 Å². The number of aromatic nitrogens is 4. The van der Waals surface area contributed by atoms with Crippen molar-refractivity contribution in [2.45, 2.75) is 45.3 Å². The first-order chi connectivity index (χ1) is 14.1. The van der Waals surface area contributed by atoms with Crippen LogP contribution in [0.4, 0.5) is 0 Å². The molecule has 0 bridgehead atoms. The van der Waals surface area contributed by atoms with Crippen LogP contribution in [0, 0.1) is 0 Å². The van der Waals surface area contributed by atoms with E-state index in [2.05, 4.69) is 33.6 Å².